The third kappa shape index (κ3) is 7.42. The molecule has 1 heterocycles. The number of ether oxygens (including phenoxy) is 1. The Balaban J connectivity index is 1.49. The molecular formula is C26H35N3O2. The van der Waals surface area contributed by atoms with E-state index >= 15 is 0 Å². The molecule has 0 saturated carbocycles. The van der Waals surface area contributed by atoms with Crippen LogP contribution in [0.1, 0.15) is 64.1 Å². The minimum Gasteiger partial charge on any atom is -0.484 e. The number of rotatable bonds is 14. The zero-order valence-electron chi connectivity index (χ0n) is 18.7. The molecule has 1 aromatic heterocycles. The largest absolute Gasteiger partial charge is 0.484 e. The fraction of sp³-hybridized carbons (Fsp3) is 0.462. The summed E-state index contributed by atoms with van der Waals surface area (Å²) in [6.45, 7) is 3.60. The summed E-state index contributed by atoms with van der Waals surface area (Å²) in [4.78, 5) is 17.0. The highest BCUT2D eigenvalue weighted by molar-refractivity contribution is 5.78. The van der Waals surface area contributed by atoms with Crippen molar-refractivity contribution in [1.82, 2.24) is 14.9 Å². The van der Waals surface area contributed by atoms with Crippen molar-refractivity contribution in [2.45, 2.75) is 71.4 Å². The summed E-state index contributed by atoms with van der Waals surface area (Å²) in [5, 5.41) is 2.95. The molecule has 0 saturated heterocycles. The molecule has 0 radical (unpaired) electrons. The number of nitrogens with one attached hydrogen (secondary N) is 1. The Hall–Kier alpha value is -2.82. The zero-order valence-corrected chi connectivity index (χ0v) is 18.7. The minimum atomic E-state index is -0.144. The highest BCUT2D eigenvalue weighted by Crippen LogP contribution is 2.18. The van der Waals surface area contributed by atoms with Crippen LogP contribution >= 0.6 is 0 Å². The number of aryl methyl sites for hydroxylation is 1. The molecule has 5 heteroatoms. The van der Waals surface area contributed by atoms with Crippen molar-refractivity contribution >= 4 is 16.9 Å². The predicted molar refractivity (Wildman–Crippen MR) is 126 cm³/mol. The number of nitrogens with zero attached hydrogens (tertiary/aromatic N) is 2. The molecule has 0 aliphatic rings. The van der Waals surface area contributed by atoms with Gasteiger partial charge in [0.25, 0.3) is 5.91 Å². The number of carbonyl (C=O) groups is 1. The second kappa shape index (κ2) is 12.8. The number of unbranched alkanes of at least 4 members (excludes halogenated alkanes) is 7. The van der Waals surface area contributed by atoms with Crippen LogP contribution in [0.5, 0.6) is 5.75 Å². The van der Waals surface area contributed by atoms with Gasteiger partial charge in [-0.3, -0.25) is 4.79 Å². The van der Waals surface area contributed by atoms with Gasteiger partial charge >= 0.3 is 0 Å². The number of fused-ring (bicyclic) bond motifs is 1. The second-order valence-corrected chi connectivity index (χ2v) is 8.02. The van der Waals surface area contributed by atoms with E-state index in [9.17, 15) is 4.79 Å². The van der Waals surface area contributed by atoms with Crippen molar-refractivity contribution < 1.29 is 9.53 Å². The molecule has 1 amide bonds. The molecule has 2 aromatic carbocycles. The maximum Gasteiger partial charge on any atom is 0.258 e. The van der Waals surface area contributed by atoms with Crippen LogP contribution in [0.4, 0.5) is 0 Å². The maximum absolute atomic E-state index is 12.3. The van der Waals surface area contributed by atoms with Gasteiger partial charge in [-0.15, -0.1) is 0 Å². The first-order chi connectivity index (χ1) is 15.3. The average Bonchev–Trinajstić information content (AvgIpc) is 3.16. The summed E-state index contributed by atoms with van der Waals surface area (Å²) in [5.41, 5.74) is 2.11. The van der Waals surface area contributed by atoms with Crippen LogP contribution in [0, 0.1) is 0 Å². The Morgan fingerprint density at radius 1 is 0.903 bits per heavy atom. The first-order valence-corrected chi connectivity index (χ1v) is 11.7. The van der Waals surface area contributed by atoms with Crippen LogP contribution in [0.25, 0.3) is 11.0 Å². The van der Waals surface area contributed by atoms with Crippen molar-refractivity contribution in [2.24, 2.45) is 0 Å². The van der Waals surface area contributed by atoms with Gasteiger partial charge in [-0.05, 0) is 30.7 Å². The molecule has 5 nitrogen and oxygen atoms in total. The van der Waals surface area contributed by atoms with Gasteiger partial charge in [0.15, 0.2) is 6.61 Å². The molecule has 31 heavy (non-hydrogen) atoms. The summed E-state index contributed by atoms with van der Waals surface area (Å²) < 4.78 is 7.79. The lowest BCUT2D eigenvalue weighted by Crippen LogP contribution is -2.29. The lowest BCUT2D eigenvalue weighted by atomic mass is 10.1. The van der Waals surface area contributed by atoms with Crippen LogP contribution in [-0.2, 0) is 17.9 Å². The third-order valence-electron chi connectivity index (χ3n) is 5.53. The number of hydrogen-bond donors (Lipinski definition) is 1. The molecular weight excluding hydrogens is 386 g/mol. The molecule has 3 rings (SSSR count). The van der Waals surface area contributed by atoms with Crippen LogP contribution in [0.3, 0.4) is 0 Å². The smallest absolute Gasteiger partial charge is 0.258 e. The Kier molecular flexibility index (Phi) is 9.42. The van der Waals surface area contributed by atoms with Gasteiger partial charge in [-0.2, -0.15) is 0 Å². The number of imidazole rings is 1. The van der Waals surface area contributed by atoms with Crippen LogP contribution in [0.15, 0.2) is 54.6 Å². The number of para-hydroxylation sites is 3. The van der Waals surface area contributed by atoms with E-state index in [4.69, 9.17) is 9.72 Å². The van der Waals surface area contributed by atoms with Crippen molar-refractivity contribution in [3.63, 3.8) is 0 Å². The molecule has 0 aliphatic heterocycles. The first kappa shape index (κ1) is 22.9. The lowest BCUT2D eigenvalue weighted by Gasteiger charge is -2.11. The van der Waals surface area contributed by atoms with Crippen molar-refractivity contribution in [3.05, 3.63) is 60.4 Å². The van der Waals surface area contributed by atoms with E-state index in [0.717, 1.165) is 29.8 Å². The monoisotopic (exact) mass is 421 g/mol. The molecule has 0 aliphatic carbocycles. The molecule has 1 N–H and O–H groups in total. The van der Waals surface area contributed by atoms with Gasteiger partial charge in [0.1, 0.15) is 11.6 Å². The summed E-state index contributed by atoms with van der Waals surface area (Å²) in [6, 6.07) is 17.6. The number of carbonyl (C=O) groups excluding carboxylic acids is 1. The molecule has 0 atom stereocenters. The summed E-state index contributed by atoms with van der Waals surface area (Å²) in [5.74, 6) is 1.45. The van der Waals surface area contributed by atoms with Gasteiger partial charge in [-0.25, -0.2) is 4.98 Å². The van der Waals surface area contributed by atoms with Gasteiger partial charge in [0, 0.05) is 6.54 Å². The normalized spacial score (nSPS) is 11.0. The molecule has 0 spiro atoms. The molecule has 0 fully saturated rings. The highest BCUT2D eigenvalue weighted by atomic mass is 16.5. The highest BCUT2D eigenvalue weighted by Gasteiger charge is 2.12. The Labute approximate surface area is 185 Å². The number of aromatic nitrogens is 2. The van der Waals surface area contributed by atoms with Gasteiger partial charge in [0.2, 0.25) is 0 Å². The number of hydrogen-bond acceptors (Lipinski definition) is 3. The van der Waals surface area contributed by atoms with E-state index in [2.05, 4.69) is 22.9 Å². The molecule has 166 valence electrons. The first-order valence-electron chi connectivity index (χ1n) is 11.7. The average molecular weight is 422 g/mol. The quantitative estimate of drug-likeness (QED) is 0.331. The summed E-state index contributed by atoms with van der Waals surface area (Å²) in [6.07, 6.45) is 10.3. The van der Waals surface area contributed by atoms with Crippen LogP contribution in [0.2, 0.25) is 0 Å². The number of benzene rings is 2. The SMILES string of the molecule is CCCCCCCCCCn1c(CNC(=O)COc2ccccc2)nc2ccccc21. The molecule has 0 unspecified atom stereocenters. The van der Waals surface area contributed by atoms with Gasteiger partial charge in [0.05, 0.1) is 17.6 Å². The standard InChI is InChI=1S/C26H35N3O2/c1-2-3-4-5-6-7-8-14-19-29-24-18-13-12-17-23(24)28-25(29)20-27-26(30)21-31-22-15-10-9-11-16-22/h9-13,15-18H,2-8,14,19-21H2,1H3,(H,27,30). The van der Waals surface area contributed by atoms with Crippen molar-refractivity contribution in [3.8, 4) is 5.75 Å². The van der Waals surface area contributed by atoms with Crippen LogP contribution < -0.4 is 10.1 Å². The van der Waals surface area contributed by atoms with Gasteiger partial charge < -0.3 is 14.6 Å². The summed E-state index contributed by atoms with van der Waals surface area (Å²) in [7, 11) is 0. The summed E-state index contributed by atoms with van der Waals surface area (Å²) >= 11 is 0. The Morgan fingerprint density at radius 2 is 1.58 bits per heavy atom. The van der Waals surface area contributed by atoms with E-state index in [1.165, 1.54) is 44.9 Å². The van der Waals surface area contributed by atoms with Crippen LogP contribution in [-0.4, -0.2) is 22.1 Å². The van der Waals surface area contributed by atoms with E-state index in [1.54, 1.807) is 0 Å². The minimum absolute atomic E-state index is 0.00225. The predicted octanol–water partition coefficient (Wildman–Crippen LogP) is 5.87. The Bertz CT molecular complexity index is 921. The maximum atomic E-state index is 12.3. The van der Waals surface area contributed by atoms with E-state index < -0.39 is 0 Å². The number of amides is 1. The molecule has 3 aromatic rings. The lowest BCUT2D eigenvalue weighted by molar-refractivity contribution is -0.123. The Morgan fingerprint density at radius 3 is 2.35 bits per heavy atom. The van der Waals surface area contributed by atoms with Gasteiger partial charge in [-0.1, -0.05) is 82.2 Å². The third-order valence-corrected chi connectivity index (χ3v) is 5.53. The topological polar surface area (TPSA) is 56.2 Å². The zero-order chi connectivity index (χ0) is 21.7. The van der Waals surface area contributed by atoms with E-state index in [0.29, 0.717) is 12.3 Å². The van der Waals surface area contributed by atoms with E-state index in [-0.39, 0.29) is 12.5 Å². The molecule has 0 bridgehead atoms. The van der Waals surface area contributed by atoms with E-state index in [1.807, 2.05) is 48.5 Å². The second-order valence-electron chi connectivity index (χ2n) is 8.02. The van der Waals surface area contributed by atoms with Crippen molar-refractivity contribution in [2.75, 3.05) is 6.61 Å². The fourth-order valence-corrected chi connectivity index (χ4v) is 3.81. The fourth-order valence-electron chi connectivity index (χ4n) is 3.81. The van der Waals surface area contributed by atoms with Crippen molar-refractivity contribution in [1.29, 1.82) is 0 Å².